The monoisotopic (exact) mass is 717 g/mol. The highest BCUT2D eigenvalue weighted by atomic mass is 19.4. The topological polar surface area (TPSA) is 302 Å². The molecule has 21 heteroatoms. The SMILES string of the molecule is CN1C(=O)C(CCCN=C(N)N)NC(=O)CNC(=O)CC(C(=O)O)NC(=O)C(c2ccccc2)NC(=O)C1CCCCN.O=C(O)C(F)(F)F. The van der Waals surface area contributed by atoms with Crippen molar-refractivity contribution in [1.82, 2.24) is 26.2 Å². The molecule has 18 nitrogen and oxygen atoms in total. The molecule has 1 aromatic carbocycles. The number of rotatable bonds is 10. The molecule has 1 aliphatic rings. The molecule has 0 saturated carbocycles. The Morgan fingerprint density at radius 3 is 2.08 bits per heavy atom. The first kappa shape index (κ1) is 42.6. The predicted octanol–water partition coefficient (Wildman–Crippen LogP) is -1.94. The van der Waals surface area contributed by atoms with Crippen LogP contribution in [-0.4, -0.2) is 114 Å². The highest BCUT2D eigenvalue weighted by molar-refractivity contribution is 5.97. The minimum absolute atomic E-state index is 0.104. The molecule has 0 spiro atoms. The molecule has 1 aliphatic heterocycles. The summed E-state index contributed by atoms with van der Waals surface area (Å²) in [5.74, 6) is -8.08. The van der Waals surface area contributed by atoms with E-state index in [0.717, 1.165) is 0 Å². The van der Waals surface area contributed by atoms with Crippen molar-refractivity contribution < 1.29 is 56.9 Å². The number of alkyl halides is 3. The summed E-state index contributed by atoms with van der Waals surface area (Å²) < 4.78 is 31.7. The van der Waals surface area contributed by atoms with Crippen LogP contribution in [0.3, 0.4) is 0 Å². The lowest BCUT2D eigenvalue weighted by molar-refractivity contribution is -0.192. The van der Waals surface area contributed by atoms with E-state index in [-0.39, 0.29) is 25.3 Å². The number of carboxylic acids is 2. The Morgan fingerprint density at radius 2 is 1.54 bits per heavy atom. The number of carbonyl (C=O) groups excluding carboxylic acids is 5. The average Bonchev–Trinajstić information content (AvgIpc) is 3.04. The van der Waals surface area contributed by atoms with Gasteiger partial charge in [-0.3, -0.25) is 29.0 Å². The second-order valence-corrected chi connectivity index (χ2v) is 10.9. The summed E-state index contributed by atoms with van der Waals surface area (Å²) in [6.45, 7) is -0.0340. The molecule has 278 valence electrons. The first-order valence-electron chi connectivity index (χ1n) is 15.2. The number of benzene rings is 1. The highest BCUT2D eigenvalue weighted by Crippen LogP contribution is 2.18. The van der Waals surface area contributed by atoms with E-state index in [1.54, 1.807) is 30.3 Å². The van der Waals surface area contributed by atoms with Gasteiger partial charge in [-0.25, -0.2) is 9.59 Å². The molecule has 0 aromatic heterocycles. The minimum atomic E-state index is -5.08. The molecule has 1 fully saturated rings. The summed E-state index contributed by atoms with van der Waals surface area (Å²) in [7, 11) is 1.41. The molecule has 0 radical (unpaired) electrons. The minimum Gasteiger partial charge on any atom is -0.480 e. The molecule has 50 heavy (non-hydrogen) atoms. The fraction of sp³-hybridized carbons (Fsp3) is 0.517. The van der Waals surface area contributed by atoms with E-state index in [1.807, 2.05) is 0 Å². The number of nitrogens with one attached hydrogen (secondary N) is 4. The van der Waals surface area contributed by atoms with Gasteiger partial charge in [0.25, 0.3) is 0 Å². The largest absolute Gasteiger partial charge is 0.490 e. The molecular weight excluding hydrogens is 675 g/mol. The van der Waals surface area contributed by atoms with Crippen LogP contribution < -0.4 is 38.5 Å². The third-order valence-corrected chi connectivity index (χ3v) is 7.00. The van der Waals surface area contributed by atoms with Gasteiger partial charge in [-0.1, -0.05) is 30.3 Å². The Hall–Kier alpha value is -5.47. The number of halogens is 3. The fourth-order valence-electron chi connectivity index (χ4n) is 4.46. The van der Waals surface area contributed by atoms with Gasteiger partial charge in [0.05, 0.1) is 13.0 Å². The molecule has 1 aromatic rings. The molecule has 1 heterocycles. The molecule has 12 N–H and O–H groups in total. The lowest BCUT2D eigenvalue weighted by Gasteiger charge is -2.32. The maximum absolute atomic E-state index is 13.7. The van der Waals surface area contributed by atoms with E-state index >= 15 is 0 Å². The van der Waals surface area contributed by atoms with Crippen molar-refractivity contribution >= 4 is 47.4 Å². The van der Waals surface area contributed by atoms with E-state index in [1.165, 1.54) is 11.9 Å². The Morgan fingerprint density at radius 1 is 0.920 bits per heavy atom. The second-order valence-electron chi connectivity index (χ2n) is 10.9. The molecule has 4 unspecified atom stereocenters. The van der Waals surface area contributed by atoms with Gasteiger partial charge in [0.15, 0.2) is 5.96 Å². The number of carboxylic acid groups (broad SMARTS) is 2. The van der Waals surface area contributed by atoms with Crippen LogP contribution in [0.2, 0.25) is 0 Å². The van der Waals surface area contributed by atoms with Crippen molar-refractivity contribution in [2.45, 2.75) is 68.9 Å². The van der Waals surface area contributed by atoms with Crippen LogP contribution in [0.4, 0.5) is 13.2 Å². The zero-order valence-corrected chi connectivity index (χ0v) is 27.1. The number of hydrogen-bond donors (Lipinski definition) is 9. The van der Waals surface area contributed by atoms with Gasteiger partial charge in [-0.2, -0.15) is 13.2 Å². The molecule has 1 saturated heterocycles. The lowest BCUT2D eigenvalue weighted by Crippen LogP contribution is -2.57. The van der Waals surface area contributed by atoms with E-state index < -0.39 is 84.8 Å². The van der Waals surface area contributed by atoms with Crippen molar-refractivity contribution in [1.29, 1.82) is 0 Å². The summed E-state index contributed by atoms with van der Waals surface area (Å²) >= 11 is 0. The van der Waals surface area contributed by atoms with Crippen molar-refractivity contribution in [3.8, 4) is 0 Å². The summed E-state index contributed by atoms with van der Waals surface area (Å²) in [5.41, 5.74) is 16.7. The number of amides is 5. The second kappa shape index (κ2) is 20.8. The number of carbonyl (C=O) groups is 7. The van der Waals surface area contributed by atoms with Gasteiger partial charge in [-0.05, 0) is 44.2 Å². The zero-order chi connectivity index (χ0) is 38.0. The van der Waals surface area contributed by atoms with Crippen molar-refractivity contribution in [3.05, 3.63) is 35.9 Å². The third-order valence-electron chi connectivity index (χ3n) is 7.00. The number of unbranched alkanes of at least 4 members (excludes halogenated alkanes) is 1. The lowest BCUT2D eigenvalue weighted by atomic mass is 10.0. The van der Waals surface area contributed by atoms with Crippen LogP contribution in [0.25, 0.3) is 0 Å². The van der Waals surface area contributed by atoms with Crippen LogP contribution in [0.1, 0.15) is 50.1 Å². The first-order valence-corrected chi connectivity index (χ1v) is 15.2. The van der Waals surface area contributed by atoms with Crippen LogP contribution in [-0.2, 0) is 33.6 Å². The fourth-order valence-corrected chi connectivity index (χ4v) is 4.46. The highest BCUT2D eigenvalue weighted by Gasteiger charge is 2.38. The first-order chi connectivity index (χ1) is 23.4. The number of aliphatic carboxylic acids is 2. The van der Waals surface area contributed by atoms with Crippen LogP contribution >= 0.6 is 0 Å². The number of nitrogens with zero attached hydrogens (tertiary/aromatic N) is 2. The molecular formula is C29H42F3N9O9. The summed E-state index contributed by atoms with van der Waals surface area (Å²) in [6, 6.07) is 2.95. The average molecular weight is 718 g/mol. The molecule has 0 aliphatic carbocycles. The van der Waals surface area contributed by atoms with Gasteiger partial charge in [0.1, 0.15) is 24.2 Å². The van der Waals surface area contributed by atoms with Crippen molar-refractivity contribution in [2.24, 2.45) is 22.2 Å². The smallest absolute Gasteiger partial charge is 0.480 e. The standard InChI is InChI=1S/C27H41N9O7.C2HF3O2/c1-36-19(11-5-6-12-28)23(39)35-22(16-8-3-2-4-9-16)24(40)34-18(26(42)43)14-20(37)32-15-21(38)33-17(25(36)41)10-7-13-31-27(29)30;3-2(4,5)1(6)7/h2-4,8-9,17-19,22H,5-7,10-15,28H2,1H3,(H,32,37)(H,33,38)(H,34,40)(H,35,39)(H,42,43)(H4,29,30,31);(H,6,7). The number of likely N-dealkylation sites (N-methyl/N-ethyl adjacent to an activating group) is 1. The number of aliphatic imine (C=N–C) groups is 1. The molecule has 0 bridgehead atoms. The van der Waals surface area contributed by atoms with E-state index in [9.17, 15) is 47.0 Å². The Kier molecular flexibility index (Phi) is 17.7. The summed E-state index contributed by atoms with van der Waals surface area (Å²) in [4.78, 5) is 91.9. The maximum atomic E-state index is 13.7. The molecule has 5 amide bonds. The van der Waals surface area contributed by atoms with E-state index in [0.29, 0.717) is 31.4 Å². The van der Waals surface area contributed by atoms with Gasteiger partial charge in [-0.15, -0.1) is 0 Å². The molecule has 4 atom stereocenters. The van der Waals surface area contributed by atoms with Gasteiger partial charge in [0.2, 0.25) is 29.5 Å². The Bertz CT molecular complexity index is 1380. The van der Waals surface area contributed by atoms with E-state index in [4.69, 9.17) is 27.1 Å². The van der Waals surface area contributed by atoms with Crippen LogP contribution in [0.15, 0.2) is 35.3 Å². The Labute approximate surface area is 284 Å². The number of hydrogen-bond acceptors (Lipinski definition) is 9. The molecule has 2 rings (SSSR count). The van der Waals surface area contributed by atoms with Crippen molar-refractivity contribution in [2.75, 3.05) is 26.7 Å². The van der Waals surface area contributed by atoms with E-state index in [2.05, 4.69) is 26.3 Å². The van der Waals surface area contributed by atoms with Gasteiger partial charge in [0, 0.05) is 13.6 Å². The van der Waals surface area contributed by atoms with Crippen molar-refractivity contribution in [3.63, 3.8) is 0 Å². The number of guanidine groups is 1. The van der Waals surface area contributed by atoms with Crippen LogP contribution in [0, 0.1) is 0 Å². The normalized spacial score (nSPS) is 21.0. The van der Waals surface area contributed by atoms with Crippen LogP contribution in [0.5, 0.6) is 0 Å². The third kappa shape index (κ3) is 15.2. The summed E-state index contributed by atoms with van der Waals surface area (Å²) in [6.07, 6.45) is -4.13. The predicted molar refractivity (Wildman–Crippen MR) is 170 cm³/mol. The Balaban J connectivity index is 0.00000161. The van der Waals surface area contributed by atoms with Gasteiger partial charge >= 0.3 is 18.1 Å². The zero-order valence-electron chi connectivity index (χ0n) is 27.1. The summed E-state index contributed by atoms with van der Waals surface area (Å²) in [5, 5.41) is 26.6. The van der Waals surface area contributed by atoms with Gasteiger partial charge < -0.3 is 53.6 Å². The number of nitrogens with two attached hydrogens (primary N) is 3. The maximum Gasteiger partial charge on any atom is 0.490 e. The quantitative estimate of drug-likeness (QED) is 0.0726.